The second-order valence-corrected chi connectivity index (χ2v) is 6.82. The molecule has 0 heterocycles. The topological polar surface area (TPSA) is 17.1 Å². The molecule has 0 aromatic heterocycles. The molecule has 0 N–H and O–H groups in total. The Morgan fingerprint density at radius 2 is 1.82 bits per heavy atom. The molecule has 1 aromatic carbocycles. The summed E-state index contributed by atoms with van der Waals surface area (Å²) in [7, 11) is 0. The van der Waals surface area contributed by atoms with Gasteiger partial charge >= 0.3 is 0 Å². The van der Waals surface area contributed by atoms with Crippen LogP contribution in [0.4, 0.5) is 0 Å². The van der Waals surface area contributed by atoms with E-state index in [0.717, 1.165) is 27.4 Å². The van der Waals surface area contributed by atoms with E-state index in [4.69, 9.17) is 0 Å². The Hall–Kier alpha value is -0.150. The van der Waals surface area contributed by atoms with Crippen molar-refractivity contribution in [3.05, 3.63) is 32.7 Å². The van der Waals surface area contributed by atoms with Gasteiger partial charge in [0, 0.05) is 20.4 Å². The number of carbonyl (C=O) groups excluding carboxylic acids is 1. The number of hydrogen-bond donors (Lipinski definition) is 0. The normalized spacial score (nSPS) is 24.6. The predicted molar refractivity (Wildman–Crippen MR) is 77.3 cm³/mol. The van der Waals surface area contributed by atoms with Gasteiger partial charge in [0.1, 0.15) is 0 Å². The molecule has 2 unspecified atom stereocenters. The summed E-state index contributed by atoms with van der Waals surface area (Å²) in [5.74, 6) is 1.21. The highest BCUT2D eigenvalue weighted by atomic mass is 79.9. The molecule has 92 valence electrons. The van der Waals surface area contributed by atoms with Crippen molar-refractivity contribution >= 4 is 37.6 Å². The van der Waals surface area contributed by atoms with Crippen LogP contribution in [0.5, 0.6) is 0 Å². The SMILES string of the molecule is CC1CCCC(C(=O)c2cc(Br)cc(Br)c2)C1. The molecular formula is C14H16Br2O. The van der Waals surface area contributed by atoms with Gasteiger partial charge in [0.05, 0.1) is 0 Å². The molecule has 3 heteroatoms. The molecule has 1 aromatic rings. The number of benzene rings is 1. The minimum absolute atomic E-state index is 0.222. The summed E-state index contributed by atoms with van der Waals surface area (Å²) in [4.78, 5) is 12.4. The van der Waals surface area contributed by atoms with Gasteiger partial charge in [0.25, 0.3) is 0 Å². The van der Waals surface area contributed by atoms with Gasteiger partial charge in [0.2, 0.25) is 0 Å². The Balaban J connectivity index is 2.18. The Labute approximate surface area is 119 Å². The Morgan fingerprint density at radius 3 is 2.41 bits per heavy atom. The molecular weight excluding hydrogens is 344 g/mol. The molecule has 2 atom stereocenters. The molecule has 1 nitrogen and oxygen atoms in total. The van der Waals surface area contributed by atoms with Crippen molar-refractivity contribution in [2.75, 3.05) is 0 Å². The van der Waals surface area contributed by atoms with Gasteiger partial charge in [-0.3, -0.25) is 4.79 Å². The van der Waals surface area contributed by atoms with Gasteiger partial charge in [-0.2, -0.15) is 0 Å². The zero-order valence-corrected chi connectivity index (χ0v) is 13.1. The summed E-state index contributed by atoms with van der Waals surface area (Å²) in [6.07, 6.45) is 4.55. The van der Waals surface area contributed by atoms with Crippen LogP contribution < -0.4 is 0 Å². The summed E-state index contributed by atoms with van der Waals surface area (Å²) in [6.45, 7) is 2.25. The van der Waals surface area contributed by atoms with E-state index in [1.54, 1.807) is 0 Å². The van der Waals surface area contributed by atoms with Gasteiger partial charge in [-0.05, 0) is 37.0 Å². The van der Waals surface area contributed by atoms with Crippen molar-refractivity contribution in [1.29, 1.82) is 0 Å². The fourth-order valence-electron chi connectivity index (χ4n) is 2.60. The van der Waals surface area contributed by atoms with Crippen LogP contribution in [0.3, 0.4) is 0 Å². The van der Waals surface area contributed by atoms with Gasteiger partial charge in [-0.15, -0.1) is 0 Å². The van der Waals surface area contributed by atoms with E-state index in [-0.39, 0.29) is 5.92 Å². The standard InChI is InChI=1S/C14H16Br2O/c1-9-3-2-4-10(5-9)14(17)11-6-12(15)8-13(16)7-11/h6-10H,2-5H2,1H3. The van der Waals surface area contributed by atoms with Crippen LogP contribution in [0.25, 0.3) is 0 Å². The third-order valence-electron chi connectivity index (χ3n) is 3.45. The molecule has 0 radical (unpaired) electrons. The first kappa shape index (κ1) is 13.3. The second-order valence-electron chi connectivity index (χ2n) is 4.99. The number of carbonyl (C=O) groups is 1. The number of Topliss-reactive ketones (excluding diaryl/α,β-unsaturated/α-hetero) is 1. The van der Waals surface area contributed by atoms with Gasteiger partial charge in [0.15, 0.2) is 5.78 Å². The summed E-state index contributed by atoms with van der Waals surface area (Å²) < 4.78 is 1.91. The fourth-order valence-corrected chi connectivity index (χ4v) is 3.90. The van der Waals surface area contributed by atoms with E-state index >= 15 is 0 Å². The highest BCUT2D eigenvalue weighted by molar-refractivity contribution is 9.11. The van der Waals surface area contributed by atoms with Crippen molar-refractivity contribution in [3.63, 3.8) is 0 Å². The Morgan fingerprint density at radius 1 is 1.18 bits per heavy atom. The van der Waals surface area contributed by atoms with Gasteiger partial charge < -0.3 is 0 Å². The summed E-state index contributed by atoms with van der Waals surface area (Å²) in [5.41, 5.74) is 0.824. The lowest BCUT2D eigenvalue weighted by molar-refractivity contribution is 0.0868. The van der Waals surface area contributed by atoms with Crippen LogP contribution in [0, 0.1) is 11.8 Å². The Bertz CT molecular complexity index is 408. The zero-order chi connectivity index (χ0) is 12.4. The number of rotatable bonds is 2. The average molecular weight is 360 g/mol. The predicted octanol–water partition coefficient (Wildman–Crippen LogP) is 5.22. The van der Waals surface area contributed by atoms with Crippen molar-refractivity contribution in [1.82, 2.24) is 0 Å². The van der Waals surface area contributed by atoms with Crippen molar-refractivity contribution < 1.29 is 4.79 Å². The lowest BCUT2D eigenvalue weighted by Crippen LogP contribution is -2.21. The summed E-state index contributed by atoms with van der Waals surface area (Å²) in [5, 5.41) is 0. The zero-order valence-electron chi connectivity index (χ0n) is 9.88. The molecule has 0 bridgehead atoms. The molecule has 0 saturated heterocycles. The average Bonchev–Trinajstić information content (AvgIpc) is 2.26. The second kappa shape index (κ2) is 5.66. The maximum Gasteiger partial charge on any atom is 0.166 e. The van der Waals surface area contributed by atoms with E-state index in [1.807, 2.05) is 18.2 Å². The van der Waals surface area contributed by atoms with Crippen LogP contribution >= 0.6 is 31.9 Å². The first-order chi connectivity index (χ1) is 8.06. The fraction of sp³-hybridized carbons (Fsp3) is 0.500. The van der Waals surface area contributed by atoms with Gasteiger partial charge in [-0.1, -0.05) is 51.6 Å². The van der Waals surface area contributed by atoms with Crippen molar-refractivity contribution in [2.24, 2.45) is 11.8 Å². The van der Waals surface area contributed by atoms with Crippen LogP contribution in [0.2, 0.25) is 0 Å². The molecule has 1 aliphatic rings. The third-order valence-corrected chi connectivity index (χ3v) is 4.37. The summed E-state index contributed by atoms with van der Waals surface area (Å²) in [6, 6.07) is 5.80. The third kappa shape index (κ3) is 3.41. The Kier molecular flexibility index (Phi) is 4.42. The van der Waals surface area contributed by atoms with E-state index in [1.165, 1.54) is 12.8 Å². The maximum atomic E-state index is 12.4. The number of halogens is 2. The number of hydrogen-bond acceptors (Lipinski definition) is 1. The quantitative estimate of drug-likeness (QED) is 0.661. The van der Waals surface area contributed by atoms with Crippen molar-refractivity contribution in [2.45, 2.75) is 32.6 Å². The van der Waals surface area contributed by atoms with Crippen LogP contribution in [-0.4, -0.2) is 5.78 Å². The first-order valence-corrected chi connectivity index (χ1v) is 7.65. The molecule has 1 saturated carbocycles. The first-order valence-electron chi connectivity index (χ1n) is 6.06. The molecule has 2 rings (SSSR count). The lowest BCUT2D eigenvalue weighted by atomic mass is 9.79. The molecule has 17 heavy (non-hydrogen) atoms. The van der Waals surface area contributed by atoms with Gasteiger partial charge in [-0.25, -0.2) is 0 Å². The minimum Gasteiger partial charge on any atom is -0.294 e. The monoisotopic (exact) mass is 358 g/mol. The minimum atomic E-state index is 0.222. The van der Waals surface area contributed by atoms with Crippen LogP contribution in [0.15, 0.2) is 27.1 Å². The molecule has 0 spiro atoms. The highest BCUT2D eigenvalue weighted by Crippen LogP contribution is 2.32. The molecule has 0 aliphatic heterocycles. The number of ketones is 1. The van der Waals surface area contributed by atoms with E-state index in [9.17, 15) is 4.79 Å². The van der Waals surface area contributed by atoms with Crippen LogP contribution in [-0.2, 0) is 0 Å². The van der Waals surface area contributed by atoms with Crippen LogP contribution in [0.1, 0.15) is 43.0 Å². The van der Waals surface area contributed by atoms with E-state index < -0.39 is 0 Å². The lowest BCUT2D eigenvalue weighted by Gasteiger charge is -2.25. The molecule has 0 amide bonds. The largest absolute Gasteiger partial charge is 0.294 e. The highest BCUT2D eigenvalue weighted by Gasteiger charge is 2.26. The maximum absolute atomic E-state index is 12.4. The van der Waals surface area contributed by atoms with Crippen molar-refractivity contribution in [3.8, 4) is 0 Å². The smallest absolute Gasteiger partial charge is 0.166 e. The molecule has 1 aliphatic carbocycles. The summed E-state index contributed by atoms with van der Waals surface area (Å²) >= 11 is 6.87. The van der Waals surface area contributed by atoms with E-state index in [0.29, 0.717) is 11.7 Å². The molecule has 1 fully saturated rings. The van der Waals surface area contributed by atoms with E-state index in [2.05, 4.69) is 38.8 Å².